The van der Waals surface area contributed by atoms with Crippen molar-refractivity contribution in [1.82, 2.24) is 4.90 Å². The second kappa shape index (κ2) is 5.26. The minimum atomic E-state index is -0.614. The first-order chi connectivity index (χ1) is 8.17. The van der Waals surface area contributed by atoms with Crippen molar-refractivity contribution in [3.8, 4) is 0 Å². The van der Waals surface area contributed by atoms with Gasteiger partial charge in [0, 0.05) is 22.5 Å². The molecule has 1 rings (SSSR count). The number of rotatable bonds is 1. The molecule has 100 valence electrons. The van der Waals surface area contributed by atoms with Gasteiger partial charge in [-0.05, 0) is 27.7 Å². The summed E-state index contributed by atoms with van der Waals surface area (Å²) in [6, 6.07) is 0. The summed E-state index contributed by atoms with van der Waals surface area (Å²) >= 11 is 3.29. The smallest absolute Gasteiger partial charge is 0.417 e. The second-order valence-electron chi connectivity index (χ2n) is 5.19. The Morgan fingerprint density at radius 1 is 1.56 bits per heavy atom. The lowest BCUT2D eigenvalue weighted by molar-refractivity contribution is -0.124. The van der Waals surface area contributed by atoms with E-state index in [2.05, 4.69) is 22.5 Å². The van der Waals surface area contributed by atoms with Crippen molar-refractivity contribution in [2.45, 2.75) is 33.3 Å². The summed E-state index contributed by atoms with van der Waals surface area (Å²) in [5.74, 6) is -0.465. The van der Waals surface area contributed by atoms with Gasteiger partial charge in [-0.15, -0.1) is 6.58 Å². The summed E-state index contributed by atoms with van der Waals surface area (Å²) in [7, 11) is 0. The molecular weight excluding hydrogens is 298 g/mol. The molecule has 1 atom stereocenters. The molecule has 5 heteroatoms. The van der Waals surface area contributed by atoms with Gasteiger partial charge in [0.05, 0.1) is 0 Å². The van der Waals surface area contributed by atoms with E-state index in [0.29, 0.717) is 5.57 Å². The van der Waals surface area contributed by atoms with Crippen molar-refractivity contribution in [2.24, 2.45) is 5.92 Å². The molecule has 0 aliphatic carbocycles. The van der Waals surface area contributed by atoms with Gasteiger partial charge in [-0.1, -0.05) is 22.0 Å². The Hall–Kier alpha value is -1.10. The molecular formula is C13H18BrNO3. The van der Waals surface area contributed by atoms with Gasteiger partial charge < -0.3 is 4.74 Å². The van der Waals surface area contributed by atoms with Crippen LogP contribution in [-0.2, 0) is 9.53 Å². The second-order valence-corrected chi connectivity index (χ2v) is 6.37. The highest BCUT2D eigenvalue weighted by Gasteiger charge is 2.40. The van der Waals surface area contributed by atoms with E-state index in [9.17, 15) is 9.59 Å². The largest absolute Gasteiger partial charge is 0.443 e. The number of ether oxygens (including phenoxy) is 1. The van der Waals surface area contributed by atoms with Crippen LogP contribution in [0.1, 0.15) is 27.7 Å². The maximum atomic E-state index is 12.1. The number of allylic oxidation sites excluding steroid dienone is 1. The minimum absolute atomic E-state index is 0.149. The number of imide groups is 1. The van der Waals surface area contributed by atoms with E-state index < -0.39 is 11.7 Å². The zero-order chi connectivity index (χ0) is 14.1. The summed E-state index contributed by atoms with van der Waals surface area (Å²) in [6.07, 6.45) is 1.06. The van der Waals surface area contributed by atoms with Gasteiger partial charge >= 0.3 is 6.09 Å². The van der Waals surface area contributed by atoms with Gasteiger partial charge in [0.25, 0.3) is 5.91 Å². The zero-order valence-corrected chi connectivity index (χ0v) is 12.7. The maximum absolute atomic E-state index is 12.1. The molecule has 1 fully saturated rings. The Morgan fingerprint density at radius 3 is 2.44 bits per heavy atom. The Labute approximate surface area is 116 Å². The average molecular weight is 316 g/mol. The monoisotopic (exact) mass is 315 g/mol. The predicted octanol–water partition coefficient (Wildman–Crippen LogP) is 3.23. The fourth-order valence-corrected chi connectivity index (χ4v) is 2.21. The van der Waals surface area contributed by atoms with Crippen molar-refractivity contribution in [3.05, 3.63) is 22.7 Å². The third-order valence-electron chi connectivity index (χ3n) is 2.50. The number of carbonyl (C=O) groups is 2. The molecule has 4 nitrogen and oxygen atoms in total. The van der Waals surface area contributed by atoms with Crippen LogP contribution in [-0.4, -0.2) is 29.0 Å². The maximum Gasteiger partial charge on any atom is 0.417 e. The molecule has 0 bridgehead atoms. The van der Waals surface area contributed by atoms with Crippen LogP contribution < -0.4 is 0 Å². The lowest BCUT2D eigenvalue weighted by atomic mass is 10.0. The first-order valence-corrected chi connectivity index (χ1v) is 6.50. The highest BCUT2D eigenvalue weighted by atomic mass is 79.9. The van der Waals surface area contributed by atoms with Crippen LogP contribution in [0, 0.1) is 5.92 Å². The van der Waals surface area contributed by atoms with Crippen LogP contribution in [0.5, 0.6) is 0 Å². The zero-order valence-electron chi connectivity index (χ0n) is 11.1. The van der Waals surface area contributed by atoms with Crippen LogP contribution >= 0.6 is 15.9 Å². The van der Waals surface area contributed by atoms with E-state index in [4.69, 9.17) is 4.74 Å². The number of nitrogens with zero attached hydrogens (tertiary/aromatic N) is 1. The van der Waals surface area contributed by atoms with E-state index in [0.717, 1.165) is 9.38 Å². The van der Waals surface area contributed by atoms with Crippen molar-refractivity contribution >= 4 is 27.9 Å². The summed E-state index contributed by atoms with van der Waals surface area (Å²) < 4.78 is 5.93. The fourth-order valence-electron chi connectivity index (χ4n) is 1.74. The van der Waals surface area contributed by atoms with Crippen molar-refractivity contribution in [3.63, 3.8) is 0 Å². The SMILES string of the molecule is C=CC1CN(C(=O)OC(C)(C)C)C(=O)/C1=C(/C)Br. The fraction of sp³-hybridized carbons (Fsp3) is 0.538. The molecule has 0 aromatic rings. The summed E-state index contributed by atoms with van der Waals surface area (Å²) in [5.41, 5.74) is -0.0485. The average Bonchev–Trinajstić information content (AvgIpc) is 2.52. The van der Waals surface area contributed by atoms with Crippen molar-refractivity contribution < 1.29 is 14.3 Å². The predicted molar refractivity (Wildman–Crippen MR) is 73.3 cm³/mol. The van der Waals surface area contributed by atoms with E-state index in [1.807, 2.05) is 0 Å². The molecule has 1 aliphatic heterocycles. The van der Waals surface area contributed by atoms with Gasteiger partial charge in [0.1, 0.15) is 5.60 Å². The Balaban J connectivity index is 2.95. The molecule has 1 unspecified atom stereocenters. The van der Waals surface area contributed by atoms with E-state index >= 15 is 0 Å². The van der Waals surface area contributed by atoms with Crippen LogP contribution in [0.4, 0.5) is 4.79 Å². The number of halogens is 1. The summed E-state index contributed by atoms with van der Waals surface area (Å²) in [6.45, 7) is 11.1. The quantitative estimate of drug-likeness (QED) is 0.551. The highest BCUT2D eigenvalue weighted by molar-refractivity contribution is 9.11. The van der Waals surface area contributed by atoms with E-state index in [-0.39, 0.29) is 18.4 Å². The van der Waals surface area contributed by atoms with Gasteiger partial charge in [-0.2, -0.15) is 0 Å². The number of likely N-dealkylation sites (tertiary alicyclic amines) is 1. The standard InChI is InChI=1S/C13H18BrNO3/c1-6-9-7-15(11(16)10(9)8(2)14)12(17)18-13(3,4)5/h6,9H,1,7H2,2-5H3/b10-8-. The van der Waals surface area contributed by atoms with E-state index in [1.165, 1.54) is 0 Å². The molecule has 0 radical (unpaired) electrons. The molecule has 0 saturated carbocycles. The van der Waals surface area contributed by atoms with Crippen LogP contribution in [0.3, 0.4) is 0 Å². The molecule has 0 aromatic heterocycles. The first kappa shape index (κ1) is 15.0. The van der Waals surface area contributed by atoms with Crippen molar-refractivity contribution in [2.75, 3.05) is 6.54 Å². The summed E-state index contributed by atoms with van der Waals surface area (Å²) in [4.78, 5) is 25.2. The third kappa shape index (κ3) is 3.22. The van der Waals surface area contributed by atoms with Crippen LogP contribution in [0.15, 0.2) is 22.7 Å². The minimum Gasteiger partial charge on any atom is -0.443 e. The topological polar surface area (TPSA) is 46.6 Å². The number of hydrogen-bond donors (Lipinski definition) is 0. The highest BCUT2D eigenvalue weighted by Crippen LogP contribution is 2.31. The number of carbonyl (C=O) groups excluding carboxylic acids is 2. The lowest BCUT2D eigenvalue weighted by Crippen LogP contribution is -2.37. The van der Waals surface area contributed by atoms with Gasteiger partial charge in [-0.3, -0.25) is 4.79 Å². The normalized spacial score (nSPS) is 23.1. The molecule has 0 aromatic carbocycles. The number of hydrogen-bond acceptors (Lipinski definition) is 3. The molecule has 1 saturated heterocycles. The Morgan fingerprint density at radius 2 is 2.11 bits per heavy atom. The Kier molecular flexibility index (Phi) is 4.37. The Bertz CT molecular complexity index is 416. The molecule has 0 N–H and O–H groups in total. The van der Waals surface area contributed by atoms with Crippen molar-refractivity contribution in [1.29, 1.82) is 0 Å². The lowest BCUT2D eigenvalue weighted by Gasteiger charge is -2.23. The molecule has 2 amide bonds. The molecule has 0 spiro atoms. The first-order valence-electron chi connectivity index (χ1n) is 5.71. The molecule has 1 aliphatic rings. The van der Waals surface area contributed by atoms with E-state index in [1.54, 1.807) is 33.8 Å². The summed E-state index contributed by atoms with van der Waals surface area (Å²) in [5, 5.41) is 0. The van der Waals surface area contributed by atoms with Gasteiger partial charge in [-0.25, -0.2) is 9.69 Å². The third-order valence-corrected chi connectivity index (χ3v) is 2.92. The number of amides is 2. The molecule has 1 heterocycles. The van der Waals surface area contributed by atoms with Gasteiger partial charge in [0.2, 0.25) is 0 Å². The van der Waals surface area contributed by atoms with Gasteiger partial charge in [0.15, 0.2) is 0 Å². The van der Waals surface area contributed by atoms with Crippen LogP contribution in [0.25, 0.3) is 0 Å². The van der Waals surface area contributed by atoms with Crippen LogP contribution in [0.2, 0.25) is 0 Å². The molecule has 18 heavy (non-hydrogen) atoms.